The SMILES string of the molecule is Cc1cc(=O)oc2cc(NC(=O)N(Cc3ccc(Cl)cc3)C3CC3)ccc12. The van der Waals surface area contributed by atoms with E-state index in [9.17, 15) is 9.59 Å². The van der Waals surface area contributed by atoms with E-state index >= 15 is 0 Å². The normalized spacial score (nSPS) is 13.6. The van der Waals surface area contributed by atoms with Crippen LogP contribution in [-0.2, 0) is 6.54 Å². The molecule has 27 heavy (non-hydrogen) atoms. The zero-order chi connectivity index (χ0) is 19.0. The molecule has 6 heteroatoms. The van der Waals surface area contributed by atoms with Crippen molar-refractivity contribution in [1.82, 2.24) is 4.90 Å². The van der Waals surface area contributed by atoms with Gasteiger partial charge in [-0.05, 0) is 55.2 Å². The summed E-state index contributed by atoms with van der Waals surface area (Å²) in [6.07, 6.45) is 2.01. The van der Waals surface area contributed by atoms with Gasteiger partial charge in [0, 0.05) is 40.8 Å². The highest BCUT2D eigenvalue weighted by Crippen LogP contribution is 2.30. The van der Waals surface area contributed by atoms with Gasteiger partial charge in [0.1, 0.15) is 5.58 Å². The van der Waals surface area contributed by atoms with Gasteiger partial charge in [0.05, 0.1) is 0 Å². The molecule has 4 rings (SSSR count). The Balaban J connectivity index is 1.55. The zero-order valence-electron chi connectivity index (χ0n) is 14.9. The third-order valence-corrected chi connectivity index (χ3v) is 4.97. The van der Waals surface area contributed by atoms with Gasteiger partial charge in [-0.2, -0.15) is 0 Å². The first-order valence-corrected chi connectivity index (χ1v) is 9.24. The van der Waals surface area contributed by atoms with Crippen LogP contribution in [0.5, 0.6) is 0 Å². The second kappa shape index (κ2) is 7.08. The molecule has 1 fully saturated rings. The third kappa shape index (κ3) is 3.98. The second-order valence-electron chi connectivity index (χ2n) is 6.88. The molecule has 0 radical (unpaired) electrons. The van der Waals surface area contributed by atoms with Crippen LogP contribution >= 0.6 is 11.6 Å². The van der Waals surface area contributed by atoms with Gasteiger partial charge in [-0.3, -0.25) is 0 Å². The quantitative estimate of drug-likeness (QED) is 0.649. The first kappa shape index (κ1) is 17.6. The number of aryl methyl sites for hydroxylation is 1. The Hall–Kier alpha value is -2.79. The molecule has 2 amide bonds. The molecule has 138 valence electrons. The van der Waals surface area contributed by atoms with Gasteiger partial charge in [0.2, 0.25) is 0 Å². The number of hydrogen-bond donors (Lipinski definition) is 1. The van der Waals surface area contributed by atoms with Gasteiger partial charge in [0.15, 0.2) is 0 Å². The summed E-state index contributed by atoms with van der Waals surface area (Å²) in [5.74, 6) is 0. The van der Waals surface area contributed by atoms with E-state index in [4.69, 9.17) is 16.0 Å². The maximum Gasteiger partial charge on any atom is 0.336 e. The summed E-state index contributed by atoms with van der Waals surface area (Å²) in [6, 6.07) is 14.4. The van der Waals surface area contributed by atoms with Crippen LogP contribution < -0.4 is 10.9 Å². The number of carbonyl (C=O) groups excluding carboxylic acids is 1. The Bertz CT molecular complexity index is 1060. The number of anilines is 1. The van der Waals surface area contributed by atoms with E-state index in [2.05, 4.69) is 5.32 Å². The molecule has 0 bridgehead atoms. The van der Waals surface area contributed by atoms with Crippen molar-refractivity contribution < 1.29 is 9.21 Å². The van der Waals surface area contributed by atoms with Gasteiger partial charge in [-0.15, -0.1) is 0 Å². The summed E-state index contributed by atoms with van der Waals surface area (Å²) in [5, 5.41) is 4.45. The molecule has 0 aliphatic heterocycles. The fraction of sp³-hybridized carbons (Fsp3) is 0.238. The Morgan fingerprint density at radius 1 is 1.19 bits per heavy atom. The standard InChI is InChI=1S/C21H19ClN2O3/c1-13-10-20(25)27-19-11-16(6-9-18(13)19)23-21(26)24(17-7-8-17)12-14-2-4-15(22)5-3-14/h2-6,9-11,17H,7-8,12H2,1H3,(H,23,26). The topological polar surface area (TPSA) is 62.6 Å². The minimum Gasteiger partial charge on any atom is -0.423 e. The molecule has 1 heterocycles. The van der Waals surface area contributed by atoms with Gasteiger partial charge in [-0.25, -0.2) is 9.59 Å². The lowest BCUT2D eigenvalue weighted by molar-refractivity contribution is 0.206. The van der Waals surface area contributed by atoms with Crippen molar-refractivity contribution in [3.8, 4) is 0 Å². The van der Waals surface area contributed by atoms with E-state index in [0.29, 0.717) is 22.8 Å². The molecule has 3 aromatic rings. The van der Waals surface area contributed by atoms with E-state index in [0.717, 1.165) is 29.4 Å². The van der Waals surface area contributed by atoms with Crippen LogP contribution in [0.25, 0.3) is 11.0 Å². The number of nitrogens with one attached hydrogen (secondary N) is 1. The van der Waals surface area contributed by atoms with Crippen LogP contribution in [-0.4, -0.2) is 17.0 Å². The maximum absolute atomic E-state index is 12.8. The highest BCUT2D eigenvalue weighted by Gasteiger charge is 2.32. The molecular weight excluding hydrogens is 364 g/mol. The van der Waals surface area contributed by atoms with Gasteiger partial charge in [-0.1, -0.05) is 23.7 Å². The average Bonchev–Trinajstić information content (AvgIpc) is 3.45. The summed E-state index contributed by atoms with van der Waals surface area (Å²) in [5.41, 5.74) is 2.55. The summed E-state index contributed by atoms with van der Waals surface area (Å²) >= 11 is 5.94. The number of benzene rings is 2. The Morgan fingerprint density at radius 3 is 2.63 bits per heavy atom. The fourth-order valence-corrected chi connectivity index (χ4v) is 3.26. The number of nitrogens with zero attached hydrogens (tertiary/aromatic N) is 1. The van der Waals surface area contributed by atoms with E-state index in [-0.39, 0.29) is 12.1 Å². The number of amides is 2. The molecule has 0 saturated heterocycles. The van der Waals surface area contributed by atoms with Crippen LogP contribution in [0.15, 0.2) is 57.7 Å². The minimum absolute atomic E-state index is 0.165. The van der Waals surface area contributed by atoms with Crippen LogP contribution in [0.2, 0.25) is 5.02 Å². The van der Waals surface area contributed by atoms with Crippen LogP contribution in [0.4, 0.5) is 10.5 Å². The predicted molar refractivity (Wildman–Crippen MR) is 106 cm³/mol. The number of urea groups is 1. The molecule has 0 spiro atoms. The van der Waals surface area contributed by atoms with E-state index in [1.165, 1.54) is 6.07 Å². The van der Waals surface area contributed by atoms with Crippen LogP contribution in [0.1, 0.15) is 24.0 Å². The van der Waals surface area contributed by atoms with Gasteiger partial charge < -0.3 is 14.6 Å². The van der Waals surface area contributed by atoms with Crippen LogP contribution in [0.3, 0.4) is 0 Å². The largest absolute Gasteiger partial charge is 0.423 e. The van der Waals surface area contributed by atoms with Crippen molar-refractivity contribution >= 4 is 34.3 Å². The molecule has 1 saturated carbocycles. The van der Waals surface area contributed by atoms with E-state index in [1.54, 1.807) is 6.07 Å². The maximum atomic E-state index is 12.8. The molecule has 1 aliphatic carbocycles. The van der Waals surface area contributed by atoms with Crippen molar-refractivity contribution in [1.29, 1.82) is 0 Å². The zero-order valence-corrected chi connectivity index (χ0v) is 15.6. The number of fused-ring (bicyclic) bond motifs is 1. The molecule has 0 atom stereocenters. The minimum atomic E-state index is -0.397. The molecular formula is C21H19ClN2O3. The highest BCUT2D eigenvalue weighted by molar-refractivity contribution is 6.30. The average molecular weight is 383 g/mol. The fourth-order valence-electron chi connectivity index (χ4n) is 3.14. The smallest absolute Gasteiger partial charge is 0.336 e. The summed E-state index contributed by atoms with van der Waals surface area (Å²) in [7, 11) is 0. The summed E-state index contributed by atoms with van der Waals surface area (Å²) < 4.78 is 5.26. The monoisotopic (exact) mass is 382 g/mol. The van der Waals surface area contributed by atoms with Crippen molar-refractivity contribution in [2.75, 3.05) is 5.32 Å². The molecule has 2 aromatic carbocycles. The number of rotatable bonds is 4. The lowest BCUT2D eigenvalue weighted by atomic mass is 10.1. The van der Waals surface area contributed by atoms with E-state index < -0.39 is 5.63 Å². The number of halogens is 1. The summed E-state index contributed by atoms with van der Waals surface area (Å²) in [6.45, 7) is 2.38. The highest BCUT2D eigenvalue weighted by atomic mass is 35.5. The van der Waals surface area contributed by atoms with Crippen molar-refractivity contribution in [2.24, 2.45) is 0 Å². The Labute approximate surface area is 161 Å². The number of hydrogen-bond acceptors (Lipinski definition) is 3. The first-order valence-electron chi connectivity index (χ1n) is 8.86. The lowest BCUT2D eigenvalue weighted by Crippen LogP contribution is -2.36. The lowest BCUT2D eigenvalue weighted by Gasteiger charge is -2.23. The molecule has 1 aliphatic rings. The van der Waals surface area contributed by atoms with Gasteiger partial charge >= 0.3 is 11.7 Å². The van der Waals surface area contributed by atoms with Crippen LogP contribution in [0, 0.1) is 6.92 Å². The van der Waals surface area contributed by atoms with Crippen molar-refractivity contribution in [3.05, 3.63) is 75.1 Å². The Morgan fingerprint density at radius 2 is 1.93 bits per heavy atom. The van der Waals surface area contributed by atoms with Gasteiger partial charge in [0.25, 0.3) is 0 Å². The first-order chi connectivity index (χ1) is 13.0. The molecule has 1 N–H and O–H groups in total. The summed E-state index contributed by atoms with van der Waals surface area (Å²) in [4.78, 5) is 26.3. The van der Waals surface area contributed by atoms with E-state index in [1.807, 2.05) is 48.2 Å². The number of carbonyl (C=O) groups is 1. The molecule has 5 nitrogen and oxygen atoms in total. The van der Waals surface area contributed by atoms with Crippen molar-refractivity contribution in [2.45, 2.75) is 32.4 Å². The third-order valence-electron chi connectivity index (χ3n) is 4.72. The molecule has 0 unspecified atom stereocenters. The van der Waals surface area contributed by atoms with Crippen molar-refractivity contribution in [3.63, 3.8) is 0 Å². The Kier molecular flexibility index (Phi) is 4.62. The predicted octanol–water partition coefficient (Wildman–Crippen LogP) is 4.95. The molecule has 1 aromatic heterocycles. The second-order valence-corrected chi connectivity index (χ2v) is 7.31.